The fourth-order valence-electron chi connectivity index (χ4n) is 4.47. The van der Waals surface area contributed by atoms with Crippen LogP contribution in [0.15, 0.2) is 35.9 Å². The fraction of sp³-hybridized carbons (Fsp3) is 0.464. The number of hydrogen-bond acceptors (Lipinski definition) is 4. The maximum Gasteiger partial charge on any atom is 0.247 e. The molecule has 184 valence electrons. The number of carbonyl (C=O) groups excluding carboxylic acids is 1. The number of ether oxygens (including phenoxy) is 2. The van der Waals surface area contributed by atoms with Gasteiger partial charge in [0, 0.05) is 40.0 Å². The monoisotopic (exact) mass is 468 g/mol. The highest BCUT2D eigenvalue weighted by molar-refractivity contribution is 6.01. The van der Waals surface area contributed by atoms with Gasteiger partial charge >= 0.3 is 0 Å². The van der Waals surface area contributed by atoms with Gasteiger partial charge in [-0.2, -0.15) is 0 Å². The highest BCUT2D eigenvalue weighted by Gasteiger charge is 2.21. The minimum Gasteiger partial charge on any atom is -0.496 e. The SMILES string of the molecule is COc1cc(-c2ccc(NC(C)C)cc2F)c(OC)cc1C(C)=C(C)C(=O)NC1CCCCC1. The van der Waals surface area contributed by atoms with Gasteiger partial charge in [0.2, 0.25) is 5.91 Å². The fourth-order valence-corrected chi connectivity index (χ4v) is 4.47. The van der Waals surface area contributed by atoms with Crippen molar-refractivity contribution in [2.45, 2.75) is 71.9 Å². The van der Waals surface area contributed by atoms with Gasteiger partial charge in [-0.3, -0.25) is 4.79 Å². The van der Waals surface area contributed by atoms with E-state index in [9.17, 15) is 4.79 Å². The summed E-state index contributed by atoms with van der Waals surface area (Å²) in [5.74, 6) is 0.656. The van der Waals surface area contributed by atoms with Crippen LogP contribution < -0.4 is 20.1 Å². The molecule has 0 heterocycles. The van der Waals surface area contributed by atoms with E-state index in [1.54, 1.807) is 26.4 Å². The van der Waals surface area contributed by atoms with Crippen molar-refractivity contribution in [1.82, 2.24) is 5.32 Å². The molecule has 0 spiro atoms. The maximum absolute atomic E-state index is 15.1. The largest absolute Gasteiger partial charge is 0.496 e. The lowest BCUT2D eigenvalue weighted by molar-refractivity contribution is -0.118. The summed E-state index contributed by atoms with van der Waals surface area (Å²) in [7, 11) is 3.13. The highest BCUT2D eigenvalue weighted by Crippen LogP contribution is 2.41. The molecular formula is C28H37FN2O3. The zero-order chi connectivity index (χ0) is 24.8. The average Bonchev–Trinajstić information content (AvgIpc) is 2.82. The van der Waals surface area contributed by atoms with Crippen LogP contribution in [0.25, 0.3) is 16.7 Å². The first-order chi connectivity index (χ1) is 16.2. The van der Waals surface area contributed by atoms with Crippen molar-refractivity contribution in [2.24, 2.45) is 0 Å². The molecule has 2 N–H and O–H groups in total. The smallest absolute Gasteiger partial charge is 0.247 e. The molecule has 0 atom stereocenters. The molecule has 0 aromatic heterocycles. The van der Waals surface area contributed by atoms with Crippen LogP contribution in [0.3, 0.4) is 0 Å². The second-order valence-electron chi connectivity index (χ2n) is 9.30. The van der Waals surface area contributed by atoms with E-state index in [-0.39, 0.29) is 23.8 Å². The molecule has 0 bridgehead atoms. The van der Waals surface area contributed by atoms with E-state index in [1.165, 1.54) is 12.5 Å². The summed E-state index contributed by atoms with van der Waals surface area (Å²) >= 11 is 0. The van der Waals surface area contributed by atoms with E-state index in [4.69, 9.17) is 9.47 Å². The van der Waals surface area contributed by atoms with Gasteiger partial charge in [-0.1, -0.05) is 19.3 Å². The quantitative estimate of drug-likeness (QED) is 0.430. The number of rotatable bonds is 8. The van der Waals surface area contributed by atoms with Crippen molar-refractivity contribution in [3.05, 3.63) is 47.3 Å². The number of anilines is 1. The lowest BCUT2D eigenvalue weighted by Crippen LogP contribution is -2.36. The van der Waals surface area contributed by atoms with E-state index < -0.39 is 0 Å². The summed E-state index contributed by atoms with van der Waals surface area (Å²) in [4.78, 5) is 12.9. The number of methoxy groups -OCH3 is 2. The first-order valence-corrected chi connectivity index (χ1v) is 12.1. The van der Waals surface area contributed by atoms with E-state index in [1.807, 2.05) is 39.8 Å². The minimum absolute atomic E-state index is 0.0613. The Hall–Kier alpha value is -3.02. The molecule has 34 heavy (non-hydrogen) atoms. The van der Waals surface area contributed by atoms with Crippen LogP contribution in [0.5, 0.6) is 11.5 Å². The highest BCUT2D eigenvalue weighted by atomic mass is 19.1. The standard InChI is InChI=1S/C28H37FN2O3/c1-17(2)30-21-12-13-22(25(29)14-21)24-16-26(33-5)23(15-27(24)34-6)18(3)19(4)28(32)31-20-10-8-7-9-11-20/h12-17,20,30H,7-11H2,1-6H3,(H,31,32). The van der Waals surface area contributed by atoms with Crippen molar-refractivity contribution in [3.8, 4) is 22.6 Å². The molecule has 2 aromatic carbocycles. The molecule has 6 heteroatoms. The molecule has 0 radical (unpaired) electrons. The van der Waals surface area contributed by atoms with E-state index in [2.05, 4.69) is 10.6 Å². The van der Waals surface area contributed by atoms with Gasteiger partial charge in [0.1, 0.15) is 17.3 Å². The van der Waals surface area contributed by atoms with Crippen molar-refractivity contribution < 1.29 is 18.7 Å². The van der Waals surface area contributed by atoms with E-state index in [0.29, 0.717) is 28.2 Å². The number of carbonyl (C=O) groups is 1. The predicted molar refractivity (Wildman–Crippen MR) is 137 cm³/mol. The lowest BCUT2D eigenvalue weighted by atomic mass is 9.94. The Morgan fingerprint density at radius 3 is 2.24 bits per heavy atom. The summed E-state index contributed by atoms with van der Waals surface area (Å²) in [6.07, 6.45) is 5.61. The molecule has 2 aromatic rings. The molecule has 1 aliphatic carbocycles. The second kappa shape index (κ2) is 11.4. The summed E-state index contributed by atoms with van der Waals surface area (Å²) in [5.41, 5.74) is 3.91. The average molecular weight is 469 g/mol. The molecule has 1 amide bonds. The van der Waals surface area contributed by atoms with Gasteiger partial charge < -0.3 is 20.1 Å². The van der Waals surface area contributed by atoms with Crippen LogP contribution in [0, 0.1) is 5.82 Å². The molecule has 3 rings (SSSR count). The summed E-state index contributed by atoms with van der Waals surface area (Å²) in [6.45, 7) is 7.74. The maximum atomic E-state index is 15.1. The van der Waals surface area contributed by atoms with E-state index >= 15 is 4.39 Å². The van der Waals surface area contributed by atoms with Crippen LogP contribution >= 0.6 is 0 Å². The normalized spacial score (nSPS) is 15.1. The van der Waals surface area contributed by atoms with Crippen LogP contribution in [0.4, 0.5) is 10.1 Å². The van der Waals surface area contributed by atoms with Gasteiger partial charge in [-0.05, 0) is 76.4 Å². The third-order valence-corrected chi connectivity index (χ3v) is 6.48. The van der Waals surface area contributed by atoms with E-state index in [0.717, 1.165) is 42.5 Å². The molecule has 0 saturated heterocycles. The van der Waals surface area contributed by atoms with Crippen LogP contribution in [-0.2, 0) is 4.79 Å². The zero-order valence-corrected chi connectivity index (χ0v) is 21.2. The molecule has 1 saturated carbocycles. The summed E-state index contributed by atoms with van der Waals surface area (Å²) < 4.78 is 26.4. The van der Waals surface area contributed by atoms with Gasteiger partial charge in [0.05, 0.1) is 14.2 Å². The first kappa shape index (κ1) is 25.6. The predicted octanol–water partition coefficient (Wildman–Crippen LogP) is 6.57. The minimum atomic E-state index is -0.353. The van der Waals surface area contributed by atoms with Gasteiger partial charge in [0.25, 0.3) is 0 Å². The Labute approximate surface area is 202 Å². The Balaban J connectivity index is 1.97. The number of allylic oxidation sites excluding steroid dienone is 1. The molecule has 1 aliphatic rings. The lowest BCUT2D eigenvalue weighted by Gasteiger charge is -2.23. The van der Waals surface area contributed by atoms with Gasteiger partial charge in [-0.15, -0.1) is 0 Å². The van der Waals surface area contributed by atoms with Gasteiger partial charge in [0.15, 0.2) is 0 Å². The zero-order valence-electron chi connectivity index (χ0n) is 21.2. The number of hydrogen-bond donors (Lipinski definition) is 2. The Bertz CT molecular complexity index is 1060. The summed E-state index contributed by atoms with van der Waals surface area (Å²) in [6, 6.07) is 9.11. The third-order valence-electron chi connectivity index (χ3n) is 6.48. The topological polar surface area (TPSA) is 59.6 Å². The van der Waals surface area contributed by atoms with Crippen molar-refractivity contribution in [2.75, 3.05) is 19.5 Å². The third kappa shape index (κ3) is 5.91. The second-order valence-corrected chi connectivity index (χ2v) is 9.30. The van der Waals surface area contributed by atoms with Gasteiger partial charge in [-0.25, -0.2) is 4.39 Å². The first-order valence-electron chi connectivity index (χ1n) is 12.1. The van der Waals surface area contributed by atoms with Crippen molar-refractivity contribution in [3.63, 3.8) is 0 Å². The molecule has 1 fully saturated rings. The Kier molecular flexibility index (Phi) is 8.59. The van der Waals surface area contributed by atoms with Crippen LogP contribution in [0.1, 0.15) is 65.4 Å². The Morgan fingerprint density at radius 2 is 1.65 bits per heavy atom. The Morgan fingerprint density at radius 1 is 0.971 bits per heavy atom. The van der Waals surface area contributed by atoms with Crippen LogP contribution in [0.2, 0.25) is 0 Å². The van der Waals surface area contributed by atoms with Crippen LogP contribution in [-0.4, -0.2) is 32.2 Å². The van der Waals surface area contributed by atoms with Crippen molar-refractivity contribution >= 4 is 17.2 Å². The molecule has 0 aliphatic heterocycles. The molecule has 0 unspecified atom stereocenters. The number of amides is 1. The number of nitrogens with one attached hydrogen (secondary N) is 2. The molecular weight excluding hydrogens is 431 g/mol. The van der Waals surface area contributed by atoms with Crippen molar-refractivity contribution in [1.29, 1.82) is 0 Å². The summed E-state index contributed by atoms with van der Waals surface area (Å²) in [5, 5.41) is 6.39. The molecule has 5 nitrogen and oxygen atoms in total. The number of benzene rings is 2. The number of halogens is 1.